The predicted molar refractivity (Wildman–Crippen MR) is 87.9 cm³/mol. The van der Waals surface area contributed by atoms with E-state index in [0.717, 1.165) is 11.0 Å². The summed E-state index contributed by atoms with van der Waals surface area (Å²) in [5.41, 5.74) is -4.18. The monoisotopic (exact) mass is 387 g/mol. The van der Waals surface area contributed by atoms with E-state index in [1.54, 1.807) is 0 Å². The fourth-order valence-corrected chi connectivity index (χ4v) is 2.55. The van der Waals surface area contributed by atoms with Gasteiger partial charge < -0.3 is 4.90 Å². The van der Waals surface area contributed by atoms with E-state index in [9.17, 15) is 37.8 Å². The fraction of sp³-hybridized carbons (Fsp3) is 0.250. The molecule has 0 radical (unpaired) electrons. The number of anilines is 1. The topological polar surface area (TPSA) is 89.5 Å². The summed E-state index contributed by atoms with van der Waals surface area (Å²) >= 11 is 0. The molecular weight excluding hydrogens is 374 g/mol. The number of nitro benzene ring substituents is 2. The molecule has 11 heteroatoms. The van der Waals surface area contributed by atoms with Crippen LogP contribution >= 0.6 is 0 Å². The summed E-state index contributed by atoms with van der Waals surface area (Å²) in [5, 5.41) is 22.7. The molecule has 0 aliphatic carbocycles. The quantitative estimate of drug-likeness (QED) is 0.408. The molecule has 7 nitrogen and oxygen atoms in total. The van der Waals surface area contributed by atoms with Crippen LogP contribution in [0.15, 0.2) is 36.4 Å². The van der Waals surface area contributed by atoms with E-state index in [-0.39, 0.29) is 30.8 Å². The second kappa shape index (κ2) is 7.56. The molecule has 0 fully saturated rings. The molecule has 0 aliphatic heterocycles. The highest BCUT2D eigenvalue weighted by Gasteiger charge is 2.39. The molecule has 0 spiro atoms. The summed E-state index contributed by atoms with van der Waals surface area (Å²) in [7, 11) is 0. The van der Waals surface area contributed by atoms with Crippen molar-refractivity contribution in [3.8, 4) is 0 Å². The molecule has 0 aliphatic rings. The van der Waals surface area contributed by atoms with Crippen molar-refractivity contribution >= 4 is 17.1 Å². The Labute approximate surface area is 150 Å². The first-order chi connectivity index (χ1) is 12.6. The standard InChI is InChI=1S/C16H13F4N3O4/c1-2-21(9-10-5-3-4-6-12(10)17)15-13(22(24)25)7-11(16(18,19)20)8-14(15)23(26)27/h3-8H,2,9H2,1H3. The normalized spacial score (nSPS) is 11.3. The lowest BCUT2D eigenvalue weighted by molar-refractivity contribution is -0.393. The summed E-state index contributed by atoms with van der Waals surface area (Å²) in [4.78, 5) is 21.5. The van der Waals surface area contributed by atoms with Gasteiger partial charge in [-0.05, 0) is 13.0 Å². The third kappa shape index (κ3) is 4.30. The minimum atomic E-state index is -5.00. The van der Waals surface area contributed by atoms with Gasteiger partial charge in [-0.25, -0.2) is 4.39 Å². The molecule has 0 saturated heterocycles. The number of halogens is 4. The molecule has 0 aromatic heterocycles. The van der Waals surface area contributed by atoms with Crippen LogP contribution in [0.4, 0.5) is 34.6 Å². The maximum Gasteiger partial charge on any atom is 0.416 e. The van der Waals surface area contributed by atoms with Gasteiger partial charge in [0.1, 0.15) is 5.82 Å². The van der Waals surface area contributed by atoms with Crippen LogP contribution in [-0.4, -0.2) is 16.4 Å². The Hall–Kier alpha value is -3.24. The Morgan fingerprint density at radius 2 is 1.56 bits per heavy atom. The molecule has 0 unspecified atom stereocenters. The summed E-state index contributed by atoms with van der Waals surface area (Å²) in [6.07, 6.45) is -5.00. The Morgan fingerprint density at radius 3 is 1.96 bits per heavy atom. The van der Waals surface area contributed by atoms with E-state index in [0.29, 0.717) is 0 Å². The lowest BCUT2D eigenvalue weighted by Gasteiger charge is -2.23. The molecule has 2 rings (SSSR count). The predicted octanol–water partition coefficient (Wildman–Crippen LogP) is 4.69. The van der Waals surface area contributed by atoms with Crippen LogP contribution in [0.5, 0.6) is 0 Å². The van der Waals surface area contributed by atoms with Gasteiger partial charge in [-0.1, -0.05) is 18.2 Å². The summed E-state index contributed by atoms with van der Waals surface area (Å²) < 4.78 is 52.8. The number of benzene rings is 2. The zero-order valence-electron chi connectivity index (χ0n) is 13.9. The Bertz CT molecular complexity index is 851. The second-order valence-electron chi connectivity index (χ2n) is 5.48. The van der Waals surface area contributed by atoms with E-state index < -0.39 is 44.5 Å². The molecule has 0 N–H and O–H groups in total. The van der Waals surface area contributed by atoms with Gasteiger partial charge in [0.05, 0.1) is 15.4 Å². The van der Waals surface area contributed by atoms with Crippen molar-refractivity contribution in [3.05, 3.63) is 73.6 Å². The molecule has 2 aromatic rings. The molecule has 0 heterocycles. The van der Waals surface area contributed by atoms with E-state index in [1.807, 2.05) is 0 Å². The minimum Gasteiger partial charge on any atom is -0.356 e. The van der Waals surface area contributed by atoms with Gasteiger partial charge in [0, 0.05) is 30.8 Å². The molecule has 27 heavy (non-hydrogen) atoms. The van der Waals surface area contributed by atoms with Gasteiger partial charge in [-0.3, -0.25) is 20.2 Å². The highest BCUT2D eigenvalue weighted by Crippen LogP contribution is 2.43. The van der Waals surface area contributed by atoms with E-state index in [2.05, 4.69) is 0 Å². The smallest absolute Gasteiger partial charge is 0.356 e. The maximum atomic E-state index is 13.9. The van der Waals surface area contributed by atoms with Crippen molar-refractivity contribution in [2.45, 2.75) is 19.6 Å². The van der Waals surface area contributed by atoms with Crippen molar-refractivity contribution in [2.24, 2.45) is 0 Å². The van der Waals surface area contributed by atoms with Gasteiger partial charge in [0.2, 0.25) is 0 Å². The lowest BCUT2D eigenvalue weighted by atomic mass is 10.1. The van der Waals surface area contributed by atoms with Gasteiger partial charge in [0.25, 0.3) is 11.4 Å². The van der Waals surface area contributed by atoms with Crippen LogP contribution in [0, 0.1) is 26.0 Å². The molecule has 0 amide bonds. The summed E-state index contributed by atoms with van der Waals surface area (Å²) in [6.45, 7) is 1.16. The van der Waals surface area contributed by atoms with E-state index in [4.69, 9.17) is 0 Å². The zero-order chi connectivity index (χ0) is 20.4. The molecule has 0 saturated carbocycles. The van der Waals surface area contributed by atoms with Crippen molar-refractivity contribution in [2.75, 3.05) is 11.4 Å². The molecule has 2 aromatic carbocycles. The van der Waals surface area contributed by atoms with Crippen LogP contribution in [0.2, 0.25) is 0 Å². The summed E-state index contributed by atoms with van der Waals surface area (Å²) in [5.74, 6) is -0.645. The van der Waals surface area contributed by atoms with Crippen LogP contribution in [-0.2, 0) is 12.7 Å². The summed E-state index contributed by atoms with van der Waals surface area (Å²) in [6, 6.07) is 5.91. The third-order valence-electron chi connectivity index (χ3n) is 3.81. The largest absolute Gasteiger partial charge is 0.416 e. The first-order valence-corrected chi connectivity index (χ1v) is 7.58. The number of nitro groups is 2. The van der Waals surface area contributed by atoms with Gasteiger partial charge in [-0.2, -0.15) is 13.2 Å². The molecular formula is C16H13F4N3O4. The Balaban J connectivity index is 2.69. The van der Waals surface area contributed by atoms with Crippen molar-refractivity contribution < 1.29 is 27.4 Å². The molecule has 0 bridgehead atoms. The number of hydrogen-bond acceptors (Lipinski definition) is 5. The number of hydrogen-bond donors (Lipinski definition) is 0. The third-order valence-corrected chi connectivity index (χ3v) is 3.81. The first kappa shape index (κ1) is 20.1. The van der Waals surface area contributed by atoms with Gasteiger partial charge >= 0.3 is 6.18 Å². The lowest BCUT2D eigenvalue weighted by Crippen LogP contribution is -2.25. The van der Waals surface area contributed by atoms with Crippen molar-refractivity contribution in [1.29, 1.82) is 0 Å². The SMILES string of the molecule is CCN(Cc1ccccc1F)c1c([N+](=O)[O-])cc(C(F)(F)F)cc1[N+](=O)[O-]. The van der Waals surface area contributed by atoms with Crippen LogP contribution in [0.1, 0.15) is 18.1 Å². The van der Waals surface area contributed by atoms with E-state index in [1.165, 1.54) is 25.1 Å². The van der Waals surface area contributed by atoms with Crippen molar-refractivity contribution in [3.63, 3.8) is 0 Å². The highest BCUT2D eigenvalue weighted by atomic mass is 19.4. The second-order valence-corrected chi connectivity index (χ2v) is 5.48. The highest BCUT2D eigenvalue weighted by molar-refractivity contribution is 5.76. The van der Waals surface area contributed by atoms with Crippen LogP contribution < -0.4 is 4.90 Å². The Morgan fingerprint density at radius 1 is 1.04 bits per heavy atom. The maximum absolute atomic E-state index is 13.9. The fourth-order valence-electron chi connectivity index (χ4n) is 2.55. The zero-order valence-corrected chi connectivity index (χ0v) is 13.9. The molecule has 0 atom stereocenters. The van der Waals surface area contributed by atoms with Crippen LogP contribution in [0.3, 0.4) is 0 Å². The number of rotatable bonds is 6. The molecule has 144 valence electrons. The number of alkyl halides is 3. The van der Waals surface area contributed by atoms with Gasteiger partial charge in [-0.15, -0.1) is 0 Å². The van der Waals surface area contributed by atoms with Crippen LogP contribution in [0.25, 0.3) is 0 Å². The minimum absolute atomic E-state index is 0.0403. The Kier molecular flexibility index (Phi) is 5.62. The van der Waals surface area contributed by atoms with E-state index >= 15 is 0 Å². The average Bonchev–Trinajstić information content (AvgIpc) is 2.59. The van der Waals surface area contributed by atoms with Gasteiger partial charge in [0.15, 0.2) is 5.69 Å². The average molecular weight is 387 g/mol. The van der Waals surface area contributed by atoms with Crippen molar-refractivity contribution in [1.82, 2.24) is 0 Å². The first-order valence-electron chi connectivity index (χ1n) is 7.58. The number of nitrogens with zero attached hydrogens (tertiary/aromatic N) is 3.